The molecule has 1 aliphatic rings. The zero-order valence-corrected chi connectivity index (χ0v) is 11.3. The Labute approximate surface area is 100.0 Å². The van der Waals surface area contributed by atoms with E-state index in [0.29, 0.717) is 0 Å². The second-order valence-electron chi connectivity index (χ2n) is 3.60. The molecule has 0 aromatic carbocycles. The van der Waals surface area contributed by atoms with Crippen molar-refractivity contribution in [2.75, 3.05) is 0 Å². The van der Waals surface area contributed by atoms with Crippen LogP contribution in [0.25, 0.3) is 0 Å². The molecule has 0 bridgehead atoms. The van der Waals surface area contributed by atoms with Crippen molar-refractivity contribution in [2.45, 2.75) is 38.0 Å². The van der Waals surface area contributed by atoms with Gasteiger partial charge in [0, 0.05) is 9.35 Å². The molecule has 0 unspecified atom stereocenters. The van der Waals surface area contributed by atoms with E-state index >= 15 is 0 Å². The van der Waals surface area contributed by atoms with E-state index in [2.05, 4.69) is 37.9 Å². The lowest BCUT2D eigenvalue weighted by atomic mass is 9.88. The minimum atomic E-state index is 0.819. The summed E-state index contributed by atoms with van der Waals surface area (Å²) in [6.07, 6.45) is 7.01. The molecule has 3 heteroatoms. The van der Waals surface area contributed by atoms with Crippen molar-refractivity contribution < 1.29 is 0 Å². The predicted octanol–water partition coefficient (Wildman–Crippen LogP) is 5.32. The van der Waals surface area contributed by atoms with Crippen molar-refractivity contribution in [2.24, 2.45) is 0 Å². The first-order chi connectivity index (χ1) is 6.27. The van der Waals surface area contributed by atoms with Crippen molar-refractivity contribution in [3.05, 3.63) is 19.2 Å². The van der Waals surface area contributed by atoms with Gasteiger partial charge in [0.05, 0.1) is 3.79 Å². The van der Waals surface area contributed by atoms with Crippen LogP contribution in [0.3, 0.4) is 0 Å². The van der Waals surface area contributed by atoms with Gasteiger partial charge >= 0.3 is 0 Å². The largest absolute Gasteiger partial charge is 0.132 e. The fourth-order valence-electron chi connectivity index (χ4n) is 2.00. The van der Waals surface area contributed by atoms with Gasteiger partial charge in [0.15, 0.2) is 0 Å². The second kappa shape index (κ2) is 4.45. The van der Waals surface area contributed by atoms with Crippen LogP contribution in [0.1, 0.15) is 42.9 Å². The Morgan fingerprint density at radius 2 is 1.85 bits per heavy atom. The van der Waals surface area contributed by atoms with E-state index in [0.717, 1.165) is 5.92 Å². The summed E-state index contributed by atoms with van der Waals surface area (Å²) in [4.78, 5) is 1.55. The molecule has 1 aliphatic carbocycles. The van der Waals surface area contributed by atoms with Gasteiger partial charge in [-0.25, -0.2) is 0 Å². The lowest BCUT2D eigenvalue weighted by Gasteiger charge is -2.20. The van der Waals surface area contributed by atoms with Gasteiger partial charge in [-0.05, 0) is 56.7 Å². The first-order valence-electron chi connectivity index (χ1n) is 4.72. The van der Waals surface area contributed by atoms with Crippen LogP contribution in [0.2, 0.25) is 0 Å². The average molecular weight is 324 g/mol. The first kappa shape index (κ1) is 10.2. The Hall–Kier alpha value is 0.660. The molecule has 0 nitrogen and oxygen atoms in total. The fourth-order valence-corrected chi connectivity index (χ4v) is 4.95. The topological polar surface area (TPSA) is 0 Å². The molecule has 0 saturated heterocycles. The Morgan fingerprint density at radius 3 is 2.38 bits per heavy atom. The Balaban J connectivity index is 2.18. The summed E-state index contributed by atoms with van der Waals surface area (Å²) >= 11 is 9.06. The average Bonchev–Trinajstić information content (AvgIpc) is 2.47. The molecule has 0 spiro atoms. The number of hydrogen-bond donors (Lipinski definition) is 0. The molecule has 72 valence electrons. The van der Waals surface area contributed by atoms with Crippen molar-refractivity contribution in [3.63, 3.8) is 0 Å². The number of thiophene rings is 1. The highest BCUT2D eigenvalue weighted by atomic mass is 79.9. The van der Waals surface area contributed by atoms with E-state index in [4.69, 9.17) is 0 Å². The molecular weight excluding hydrogens is 312 g/mol. The molecule has 1 heterocycles. The third-order valence-electron chi connectivity index (χ3n) is 2.66. The Bertz CT molecular complexity index is 287. The van der Waals surface area contributed by atoms with E-state index in [1.165, 1.54) is 40.4 Å². The smallest absolute Gasteiger partial charge is 0.0713 e. The molecule has 0 atom stereocenters. The highest BCUT2D eigenvalue weighted by molar-refractivity contribution is 9.11. The molecule has 0 aliphatic heterocycles. The Morgan fingerprint density at radius 1 is 1.15 bits per heavy atom. The minimum Gasteiger partial charge on any atom is -0.132 e. The van der Waals surface area contributed by atoms with Crippen LogP contribution >= 0.6 is 43.2 Å². The van der Waals surface area contributed by atoms with Gasteiger partial charge in [-0.3, -0.25) is 0 Å². The first-order valence-corrected chi connectivity index (χ1v) is 7.12. The summed E-state index contributed by atoms with van der Waals surface area (Å²) in [5, 5.41) is 0. The molecule has 0 amide bonds. The van der Waals surface area contributed by atoms with Gasteiger partial charge in [0.25, 0.3) is 0 Å². The normalized spacial score (nSPS) is 19.2. The molecule has 1 fully saturated rings. The van der Waals surface area contributed by atoms with Gasteiger partial charge in [-0.1, -0.05) is 19.3 Å². The minimum absolute atomic E-state index is 0.819. The standard InChI is InChI=1S/C10H12Br2S/c11-8-6-9(12)13-10(8)7-4-2-1-3-5-7/h6-7H,1-5H2. The maximum absolute atomic E-state index is 3.63. The fraction of sp³-hybridized carbons (Fsp3) is 0.600. The SMILES string of the molecule is Brc1cc(Br)c(C2CCCCC2)s1. The van der Waals surface area contributed by atoms with Crippen LogP contribution in [-0.4, -0.2) is 0 Å². The molecule has 1 saturated carbocycles. The summed E-state index contributed by atoms with van der Waals surface area (Å²) in [6.45, 7) is 0. The number of halogens is 2. The highest BCUT2D eigenvalue weighted by Gasteiger charge is 2.19. The van der Waals surface area contributed by atoms with Gasteiger partial charge in [-0.15, -0.1) is 11.3 Å². The molecule has 13 heavy (non-hydrogen) atoms. The third kappa shape index (κ3) is 2.37. The van der Waals surface area contributed by atoms with Crippen LogP contribution in [0.5, 0.6) is 0 Å². The monoisotopic (exact) mass is 322 g/mol. The zero-order chi connectivity index (χ0) is 9.26. The lowest BCUT2D eigenvalue weighted by Crippen LogP contribution is -2.02. The molecule has 1 aromatic rings. The van der Waals surface area contributed by atoms with Gasteiger partial charge in [-0.2, -0.15) is 0 Å². The summed E-state index contributed by atoms with van der Waals surface area (Å²) in [7, 11) is 0. The van der Waals surface area contributed by atoms with Crippen LogP contribution in [-0.2, 0) is 0 Å². The third-order valence-corrected chi connectivity index (χ3v) is 5.38. The maximum atomic E-state index is 3.63. The molecule has 0 radical (unpaired) electrons. The van der Waals surface area contributed by atoms with Crippen LogP contribution in [0.15, 0.2) is 14.3 Å². The molecule has 2 rings (SSSR count). The second-order valence-corrected chi connectivity index (χ2v) is 6.91. The quantitative estimate of drug-likeness (QED) is 0.656. The van der Waals surface area contributed by atoms with Crippen molar-refractivity contribution in [1.82, 2.24) is 0 Å². The van der Waals surface area contributed by atoms with E-state index in [-0.39, 0.29) is 0 Å². The van der Waals surface area contributed by atoms with E-state index < -0.39 is 0 Å². The molecular formula is C10H12Br2S. The van der Waals surface area contributed by atoms with E-state index in [1.807, 2.05) is 11.3 Å². The summed E-state index contributed by atoms with van der Waals surface area (Å²) in [5.41, 5.74) is 0. The van der Waals surface area contributed by atoms with Crippen LogP contribution < -0.4 is 0 Å². The van der Waals surface area contributed by atoms with Gasteiger partial charge in [0.1, 0.15) is 0 Å². The lowest BCUT2D eigenvalue weighted by molar-refractivity contribution is 0.447. The van der Waals surface area contributed by atoms with Gasteiger partial charge < -0.3 is 0 Å². The van der Waals surface area contributed by atoms with Crippen molar-refractivity contribution in [1.29, 1.82) is 0 Å². The molecule has 1 aromatic heterocycles. The number of rotatable bonds is 1. The number of hydrogen-bond acceptors (Lipinski definition) is 1. The van der Waals surface area contributed by atoms with Gasteiger partial charge in [0.2, 0.25) is 0 Å². The van der Waals surface area contributed by atoms with Crippen molar-refractivity contribution in [3.8, 4) is 0 Å². The van der Waals surface area contributed by atoms with E-state index in [1.54, 1.807) is 4.88 Å². The van der Waals surface area contributed by atoms with Crippen LogP contribution in [0.4, 0.5) is 0 Å². The summed E-state index contributed by atoms with van der Waals surface area (Å²) in [5.74, 6) is 0.819. The van der Waals surface area contributed by atoms with Crippen molar-refractivity contribution >= 4 is 43.2 Å². The summed E-state index contributed by atoms with van der Waals surface area (Å²) in [6, 6.07) is 2.18. The van der Waals surface area contributed by atoms with E-state index in [9.17, 15) is 0 Å². The maximum Gasteiger partial charge on any atom is 0.0713 e. The summed E-state index contributed by atoms with van der Waals surface area (Å²) < 4.78 is 2.55. The predicted molar refractivity (Wildman–Crippen MR) is 65.5 cm³/mol. The molecule has 0 N–H and O–H groups in total. The zero-order valence-electron chi connectivity index (χ0n) is 7.35. The highest BCUT2D eigenvalue weighted by Crippen LogP contribution is 2.42. The van der Waals surface area contributed by atoms with Crippen LogP contribution in [0, 0.1) is 0 Å². The Kier molecular flexibility index (Phi) is 3.49.